The summed E-state index contributed by atoms with van der Waals surface area (Å²) in [5, 5.41) is 4.84. The van der Waals surface area contributed by atoms with Crippen LogP contribution in [0, 0.1) is 35.5 Å². The molecule has 2 aromatic heterocycles. The van der Waals surface area contributed by atoms with Gasteiger partial charge >= 0.3 is 0 Å². The van der Waals surface area contributed by atoms with Crippen molar-refractivity contribution in [2.24, 2.45) is 35.5 Å². The fourth-order valence-corrected chi connectivity index (χ4v) is 26.0. The van der Waals surface area contributed by atoms with E-state index in [0.29, 0.717) is 10.3 Å². The lowest BCUT2D eigenvalue weighted by Crippen LogP contribution is -2.57. The van der Waals surface area contributed by atoms with Gasteiger partial charge in [-0.1, -0.05) is 81.8 Å². The molecule has 8 fully saturated rings. The van der Waals surface area contributed by atoms with E-state index in [2.05, 4.69) is 87.8 Å². The van der Waals surface area contributed by atoms with E-state index in [1.54, 1.807) is 98.6 Å². The van der Waals surface area contributed by atoms with Crippen molar-refractivity contribution in [3.8, 4) is 0 Å². The third-order valence-corrected chi connectivity index (χ3v) is 25.3. The van der Waals surface area contributed by atoms with Gasteiger partial charge in [0.15, 0.2) is 0 Å². The van der Waals surface area contributed by atoms with Gasteiger partial charge < -0.3 is 0 Å². The lowest BCUT2D eigenvalue weighted by atomic mass is 9.55. The van der Waals surface area contributed by atoms with Gasteiger partial charge in [0.25, 0.3) is 0 Å². The third kappa shape index (κ3) is 6.31. The van der Waals surface area contributed by atoms with Crippen LogP contribution < -0.4 is 21.2 Å². The van der Waals surface area contributed by atoms with Crippen LogP contribution in [0.2, 0.25) is 39.3 Å². The molecule has 2 nitrogen and oxygen atoms in total. The molecule has 1 aromatic carbocycles. The highest BCUT2D eigenvalue weighted by Crippen LogP contribution is 2.79. The predicted molar refractivity (Wildman–Crippen MR) is 223 cm³/mol. The summed E-state index contributed by atoms with van der Waals surface area (Å²) in [7, 11) is -3.98. The Labute approximate surface area is 308 Å². The molecule has 2 heterocycles. The highest BCUT2D eigenvalue weighted by atomic mass is 31.1. The normalized spacial score (nSPS) is 34.9. The molecule has 0 amide bonds. The van der Waals surface area contributed by atoms with E-state index in [0.717, 1.165) is 41.7 Å². The number of benzene rings is 1. The van der Waals surface area contributed by atoms with Crippen molar-refractivity contribution >= 4 is 53.2 Å². The van der Waals surface area contributed by atoms with Gasteiger partial charge in [-0.15, -0.1) is 0 Å². The molecule has 266 valence electrons. The highest BCUT2D eigenvalue weighted by molar-refractivity contribution is 7.71. The molecule has 8 bridgehead atoms. The highest BCUT2D eigenvalue weighted by Gasteiger charge is 2.62. The maximum Gasteiger partial charge on any atom is 0.0774 e. The van der Waals surface area contributed by atoms with Crippen LogP contribution >= 0.6 is 15.8 Å². The van der Waals surface area contributed by atoms with Crippen LogP contribution in [-0.4, -0.2) is 36.4 Å². The average Bonchev–Trinajstić information content (AvgIpc) is 3.04. The summed E-state index contributed by atoms with van der Waals surface area (Å²) in [6.45, 7) is 15.7. The first kappa shape index (κ1) is 34.6. The Bertz CT molecular complexity index is 1560. The zero-order chi connectivity index (χ0) is 34.5. The molecule has 0 unspecified atom stereocenters. The van der Waals surface area contributed by atoms with Gasteiger partial charge in [-0.25, -0.2) is 0 Å². The van der Waals surface area contributed by atoms with Crippen LogP contribution in [0.4, 0.5) is 0 Å². The van der Waals surface area contributed by atoms with Crippen molar-refractivity contribution in [1.82, 2.24) is 9.97 Å². The van der Waals surface area contributed by atoms with Gasteiger partial charge in [-0.05, 0) is 164 Å². The minimum atomic E-state index is -1.59. The van der Waals surface area contributed by atoms with Crippen molar-refractivity contribution in [3.05, 3.63) is 72.1 Å². The Kier molecular flexibility index (Phi) is 8.79. The molecular weight excluding hydrogens is 675 g/mol. The zero-order valence-electron chi connectivity index (χ0n) is 31.9. The molecule has 0 atom stereocenters. The van der Waals surface area contributed by atoms with E-state index >= 15 is 0 Å². The summed E-state index contributed by atoms with van der Waals surface area (Å²) >= 11 is 0. The van der Waals surface area contributed by atoms with Crippen LogP contribution in [0.25, 0.3) is 0 Å². The zero-order valence-corrected chi connectivity index (χ0v) is 35.7. The van der Waals surface area contributed by atoms with Crippen LogP contribution in [0.3, 0.4) is 0 Å². The number of hydrogen-bond acceptors (Lipinski definition) is 2. The minimum absolute atomic E-state index is 0.118. The van der Waals surface area contributed by atoms with Crippen LogP contribution in [0.1, 0.15) is 88.2 Å². The fourth-order valence-electron chi connectivity index (χ4n) is 13.5. The maximum absolute atomic E-state index is 5.03. The van der Waals surface area contributed by atoms with E-state index in [9.17, 15) is 0 Å². The first-order valence-corrected chi connectivity index (χ1v) is 30.5. The molecule has 11 rings (SSSR count). The van der Waals surface area contributed by atoms with Crippen molar-refractivity contribution in [3.63, 3.8) is 0 Å². The summed E-state index contributed by atoms with van der Waals surface area (Å²) in [4.78, 5) is 10.1. The number of rotatable bonds is 10. The van der Waals surface area contributed by atoms with Gasteiger partial charge in [0.05, 0.1) is 27.0 Å². The van der Waals surface area contributed by atoms with E-state index in [1.165, 1.54) is 17.0 Å². The van der Waals surface area contributed by atoms with Crippen LogP contribution in [-0.2, 0) is 12.3 Å². The second-order valence-corrected chi connectivity index (χ2v) is 35.7. The summed E-state index contributed by atoms with van der Waals surface area (Å²) in [6.07, 6.45) is 25.4. The molecule has 8 saturated carbocycles. The monoisotopic (exact) mass is 736 g/mol. The number of pyridine rings is 2. The molecular formula is C44H62N2P2Si2. The number of aromatic nitrogens is 2. The maximum atomic E-state index is 5.03. The van der Waals surface area contributed by atoms with Gasteiger partial charge in [0.1, 0.15) is 0 Å². The van der Waals surface area contributed by atoms with E-state index in [1.807, 2.05) is 12.4 Å². The second-order valence-electron chi connectivity index (χ2n) is 20.5. The van der Waals surface area contributed by atoms with Gasteiger partial charge in [-0.3, -0.25) is 9.97 Å². The van der Waals surface area contributed by atoms with Crippen molar-refractivity contribution in [2.75, 3.05) is 0 Å². The SMILES string of the molecule is C[Si](C)(C)c1cc(CP(c2ccccn2)c2ccccn2)c(CP(C23CC4CC(CC(C4)C2)C3)C23CC4CC(CC(C4)C2)C3)cc1[Si](C)(C)C. The lowest BCUT2D eigenvalue weighted by molar-refractivity contribution is 0.0184. The predicted octanol–water partition coefficient (Wildman–Crippen LogP) is 10.1. The molecule has 8 aliphatic rings. The van der Waals surface area contributed by atoms with Crippen molar-refractivity contribution < 1.29 is 0 Å². The summed E-state index contributed by atoms with van der Waals surface area (Å²) in [5.74, 6) is 6.21. The number of nitrogens with zero attached hydrogens (tertiary/aromatic N) is 2. The molecule has 0 spiro atoms. The smallest absolute Gasteiger partial charge is 0.0774 e. The van der Waals surface area contributed by atoms with E-state index in [4.69, 9.17) is 9.97 Å². The van der Waals surface area contributed by atoms with Crippen LogP contribution in [0.15, 0.2) is 60.9 Å². The van der Waals surface area contributed by atoms with E-state index in [-0.39, 0.29) is 7.92 Å². The molecule has 0 N–H and O–H groups in total. The lowest BCUT2D eigenvalue weighted by Gasteiger charge is -2.67. The molecule has 0 radical (unpaired) electrons. The largest absolute Gasteiger partial charge is 0.256 e. The number of hydrogen-bond donors (Lipinski definition) is 0. The van der Waals surface area contributed by atoms with Crippen LogP contribution in [0.5, 0.6) is 0 Å². The Balaban J connectivity index is 1.21. The molecule has 6 heteroatoms. The quantitative estimate of drug-likeness (QED) is 0.153. The minimum Gasteiger partial charge on any atom is -0.256 e. The average molecular weight is 737 g/mol. The van der Waals surface area contributed by atoms with Crippen molar-refractivity contribution in [2.45, 2.75) is 139 Å². The van der Waals surface area contributed by atoms with Gasteiger partial charge in [0.2, 0.25) is 0 Å². The molecule has 8 aliphatic carbocycles. The molecule has 0 saturated heterocycles. The molecule has 50 heavy (non-hydrogen) atoms. The second kappa shape index (κ2) is 12.7. The summed E-state index contributed by atoms with van der Waals surface area (Å²) in [5.41, 5.74) is 5.93. The molecule has 3 aromatic rings. The topological polar surface area (TPSA) is 25.8 Å². The Morgan fingerprint density at radius 2 is 0.900 bits per heavy atom. The van der Waals surface area contributed by atoms with E-state index < -0.39 is 24.1 Å². The van der Waals surface area contributed by atoms with Gasteiger partial charge in [0, 0.05) is 26.5 Å². The Morgan fingerprint density at radius 3 is 1.22 bits per heavy atom. The first-order valence-electron chi connectivity index (χ1n) is 20.4. The molecule has 0 aliphatic heterocycles. The van der Waals surface area contributed by atoms with Gasteiger partial charge in [-0.2, -0.15) is 0 Å². The Hall–Kier alpha value is -1.19. The summed E-state index contributed by atoms with van der Waals surface area (Å²) in [6, 6.07) is 18.8. The third-order valence-electron chi connectivity index (χ3n) is 14.6. The summed E-state index contributed by atoms with van der Waals surface area (Å²) < 4.78 is 0. The first-order chi connectivity index (χ1) is 23.9. The standard InChI is InChI=1S/C44H62N2P2Si2/c1-49(2,3)39-21-37(29-47(41-11-7-9-13-45-41)42-12-8-10-14-46-42)38(22-40(39)50(4,5)6)30-48(43-23-31-15-32(24-43)17-33(16-31)25-43)44-26-34-18-35(27-44)20-36(19-34)28-44/h7-14,21-22,31-36H,15-20,23-30H2,1-6H3. The van der Waals surface area contributed by atoms with Crippen molar-refractivity contribution in [1.29, 1.82) is 0 Å². The Morgan fingerprint density at radius 1 is 0.540 bits per heavy atom. The fraction of sp³-hybridized carbons (Fsp3) is 0.636.